The van der Waals surface area contributed by atoms with E-state index < -0.39 is 0 Å². The molecule has 9 aromatic rings. The van der Waals surface area contributed by atoms with Crippen molar-refractivity contribution in [2.45, 2.75) is 0 Å². The molecule has 0 unspecified atom stereocenters. The topological polar surface area (TPSA) is 42.1 Å². The van der Waals surface area contributed by atoms with E-state index in [1.54, 1.807) is 0 Å². The van der Waals surface area contributed by atoms with Crippen LogP contribution in [0, 0.1) is 5.82 Å². The first kappa shape index (κ1) is 33.4. The SMILES string of the molecule is CN1C=CN(c2cccc(B(c3ccc4c5ccccc5n(-c5cc(F)ccn5)c4c3)c3c(-c4ccccc4)nn(-c4ccccc4)c3-c3ccccc3)c2)C1. The van der Waals surface area contributed by atoms with Crippen molar-refractivity contribution in [1.82, 2.24) is 24.2 Å². The fraction of sp³-hybridized carbons (Fsp3) is 0.0417. The van der Waals surface area contributed by atoms with Crippen LogP contribution in [0.25, 0.3) is 55.8 Å². The van der Waals surface area contributed by atoms with E-state index in [0.717, 1.165) is 78.8 Å². The minimum absolute atomic E-state index is 0.279. The average molecular weight is 727 g/mol. The summed E-state index contributed by atoms with van der Waals surface area (Å²) in [6.45, 7) is 0.482. The van der Waals surface area contributed by atoms with Crippen molar-refractivity contribution in [3.05, 3.63) is 194 Å². The monoisotopic (exact) mass is 726 g/mol. The van der Waals surface area contributed by atoms with Crippen molar-refractivity contribution in [2.24, 2.45) is 0 Å². The van der Waals surface area contributed by atoms with E-state index in [0.29, 0.717) is 5.82 Å². The third kappa shape index (κ3) is 5.83. The van der Waals surface area contributed by atoms with Gasteiger partial charge in [-0.1, -0.05) is 132 Å². The number of rotatable bonds is 8. The zero-order valence-electron chi connectivity index (χ0n) is 30.7. The summed E-state index contributed by atoms with van der Waals surface area (Å²) in [4.78, 5) is 9.11. The van der Waals surface area contributed by atoms with Crippen molar-refractivity contribution < 1.29 is 4.39 Å². The summed E-state index contributed by atoms with van der Waals surface area (Å²) >= 11 is 0. The third-order valence-electron chi connectivity index (χ3n) is 10.7. The van der Waals surface area contributed by atoms with E-state index in [-0.39, 0.29) is 12.5 Å². The van der Waals surface area contributed by atoms with E-state index in [2.05, 4.69) is 177 Å². The fourth-order valence-corrected chi connectivity index (χ4v) is 8.18. The van der Waals surface area contributed by atoms with Gasteiger partial charge in [-0.3, -0.25) is 4.57 Å². The molecule has 0 fully saturated rings. The Bertz CT molecular complexity index is 2890. The number of hydrogen-bond acceptors (Lipinski definition) is 4. The first-order chi connectivity index (χ1) is 27.6. The molecule has 0 N–H and O–H groups in total. The lowest BCUT2D eigenvalue weighted by Gasteiger charge is -2.22. The molecular formula is C48H36BFN6. The molecule has 0 aliphatic carbocycles. The Balaban J connectivity index is 1.32. The molecule has 6 nitrogen and oxygen atoms in total. The molecule has 0 bridgehead atoms. The highest BCUT2D eigenvalue weighted by Crippen LogP contribution is 2.33. The maximum atomic E-state index is 14.9. The Kier molecular flexibility index (Phi) is 8.29. The van der Waals surface area contributed by atoms with Crippen LogP contribution in [0.3, 0.4) is 0 Å². The van der Waals surface area contributed by atoms with Crippen LogP contribution in [0.4, 0.5) is 10.1 Å². The Morgan fingerprint density at radius 1 is 0.589 bits per heavy atom. The van der Waals surface area contributed by atoms with Crippen LogP contribution in [-0.4, -0.2) is 44.7 Å². The lowest BCUT2D eigenvalue weighted by molar-refractivity contribution is 0.496. The smallest absolute Gasteiger partial charge is 0.247 e. The highest BCUT2D eigenvalue weighted by atomic mass is 19.1. The Hall–Kier alpha value is -7.19. The van der Waals surface area contributed by atoms with Crippen LogP contribution >= 0.6 is 0 Å². The number of para-hydroxylation sites is 2. The van der Waals surface area contributed by atoms with Crippen molar-refractivity contribution in [2.75, 3.05) is 18.6 Å². The van der Waals surface area contributed by atoms with Gasteiger partial charge in [0.15, 0.2) is 0 Å². The van der Waals surface area contributed by atoms with Gasteiger partial charge in [0.2, 0.25) is 6.71 Å². The van der Waals surface area contributed by atoms with Gasteiger partial charge in [0.1, 0.15) is 11.6 Å². The van der Waals surface area contributed by atoms with E-state index in [1.807, 2.05) is 24.3 Å². The summed E-state index contributed by atoms with van der Waals surface area (Å²) in [5.41, 5.74) is 11.3. The lowest BCUT2D eigenvalue weighted by atomic mass is 9.36. The molecule has 56 heavy (non-hydrogen) atoms. The molecular weight excluding hydrogens is 690 g/mol. The predicted molar refractivity (Wildman–Crippen MR) is 228 cm³/mol. The van der Waals surface area contributed by atoms with Gasteiger partial charge in [0, 0.05) is 53.7 Å². The van der Waals surface area contributed by atoms with E-state index >= 15 is 0 Å². The first-order valence-corrected chi connectivity index (χ1v) is 18.8. The molecule has 0 radical (unpaired) electrons. The minimum Gasteiger partial charge on any atom is -0.361 e. The van der Waals surface area contributed by atoms with Crippen molar-refractivity contribution in [1.29, 1.82) is 0 Å². The molecule has 268 valence electrons. The van der Waals surface area contributed by atoms with Crippen LogP contribution in [0.15, 0.2) is 188 Å². The molecule has 6 aromatic carbocycles. The molecule has 0 amide bonds. The highest BCUT2D eigenvalue weighted by molar-refractivity contribution is 6.97. The predicted octanol–water partition coefficient (Wildman–Crippen LogP) is 8.53. The molecule has 0 spiro atoms. The number of aromatic nitrogens is 4. The quantitative estimate of drug-likeness (QED) is 0.147. The highest BCUT2D eigenvalue weighted by Gasteiger charge is 2.34. The number of fused-ring (bicyclic) bond motifs is 3. The number of anilines is 1. The van der Waals surface area contributed by atoms with Crippen molar-refractivity contribution >= 4 is 50.6 Å². The van der Waals surface area contributed by atoms with E-state index in [1.165, 1.54) is 18.3 Å². The van der Waals surface area contributed by atoms with Crippen molar-refractivity contribution in [3.8, 4) is 34.0 Å². The number of halogens is 1. The largest absolute Gasteiger partial charge is 0.361 e. The second kappa shape index (κ2) is 13.9. The fourth-order valence-electron chi connectivity index (χ4n) is 8.18. The van der Waals surface area contributed by atoms with Gasteiger partial charge in [0.25, 0.3) is 0 Å². The Morgan fingerprint density at radius 3 is 2.02 bits per heavy atom. The Labute approximate surface area is 325 Å². The van der Waals surface area contributed by atoms with E-state index in [9.17, 15) is 4.39 Å². The molecule has 3 aromatic heterocycles. The second-order valence-electron chi connectivity index (χ2n) is 14.2. The zero-order valence-corrected chi connectivity index (χ0v) is 30.7. The van der Waals surface area contributed by atoms with Crippen LogP contribution in [0.2, 0.25) is 0 Å². The number of nitrogens with zero attached hydrogens (tertiary/aromatic N) is 6. The summed E-state index contributed by atoms with van der Waals surface area (Å²) in [7, 11) is 2.08. The van der Waals surface area contributed by atoms with Gasteiger partial charge in [-0.25, -0.2) is 14.1 Å². The maximum absolute atomic E-state index is 14.9. The van der Waals surface area contributed by atoms with Gasteiger partial charge < -0.3 is 9.80 Å². The summed E-state index contributed by atoms with van der Waals surface area (Å²) in [6.07, 6.45) is 5.76. The number of pyridine rings is 1. The molecule has 10 rings (SSSR count). The lowest BCUT2D eigenvalue weighted by Crippen LogP contribution is -2.53. The van der Waals surface area contributed by atoms with Gasteiger partial charge in [-0.2, -0.15) is 5.10 Å². The normalized spacial score (nSPS) is 12.6. The van der Waals surface area contributed by atoms with E-state index in [4.69, 9.17) is 5.10 Å². The molecule has 1 aliphatic heterocycles. The van der Waals surface area contributed by atoms with Crippen LogP contribution in [0.1, 0.15) is 0 Å². The molecule has 1 aliphatic rings. The summed E-state index contributed by atoms with van der Waals surface area (Å²) in [5, 5.41) is 7.66. The third-order valence-corrected chi connectivity index (χ3v) is 10.7. The zero-order chi connectivity index (χ0) is 37.6. The van der Waals surface area contributed by atoms with Gasteiger partial charge in [0.05, 0.1) is 34.8 Å². The number of hydrogen-bond donors (Lipinski definition) is 0. The molecule has 4 heterocycles. The second-order valence-corrected chi connectivity index (χ2v) is 14.2. The summed E-state index contributed by atoms with van der Waals surface area (Å²) in [5.74, 6) is 0.199. The van der Waals surface area contributed by atoms with Crippen LogP contribution in [-0.2, 0) is 0 Å². The average Bonchev–Trinajstić information content (AvgIpc) is 3.96. The molecule has 0 atom stereocenters. The molecule has 0 saturated heterocycles. The maximum Gasteiger partial charge on any atom is 0.247 e. The molecule has 0 saturated carbocycles. The van der Waals surface area contributed by atoms with Crippen molar-refractivity contribution in [3.63, 3.8) is 0 Å². The van der Waals surface area contributed by atoms with Crippen LogP contribution < -0.4 is 21.3 Å². The summed E-state index contributed by atoms with van der Waals surface area (Å²) < 4.78 is 19.1. The van der Waals surface area contributed by atoms with Crippen LogP contribution in [0.5, 0.6) is 0 Å². The van der Waals surface area contributed by atoms with Gasteiger partial charge in [-0.15, -0.1) is 0 Å². The first-order valence-electron chi connectivity index (χ1n) is 18.8. The van der Waals surface area contributed by atoms with Gasteiger partial charge >= 0.3 is 0 Å². The minimum atomic E-state index is -0.332. The standard InChI is InChI=1S/C48H36BFN6/c1-53-28-29-54(33-53)40-21-13-18-36(30-40)49(37-24-25-42-41-22-11-12-23-43(41)55(44(42)31-37)45-32-38(50)26-27-51-45)46-47(34-14-5-2-6-15-34)52-56(39-19-9-4-10-20-39)48(46)35-16-7-3-8-17-35/h2-32H,33H2,1H3. The number of benzene rings is 6. The van der Waals surface area contributed by atoms with Gasteiger partial charge in [-0.05, 0) is 53.5 Å². The Morgan fingerprint density at radius 2 is 1.27 bits per heavy atom. The summed E-state index contributed by atoms with van der Waals surface area (Å²) in [6, 6.07) is 58.2. The molecule has 8 heteroatoms.